The molecule has 35 heavy (non-hydrogen) atoms. The lowest BCUT2D eigenvalue weighted by Gasteiger charge is -2.15. The van der Waals surface area contributed by atoms with Crippen molar-refractivity contribution in [3.8, 4) is 0 Å². The maximum absolute atomic E-state index is 12.3. The Labute approximate surface area is 217 Å². The molecule has 2 aromatic carbocycles. The SMILES string of the molecule is CCCCCCCCCC(=O)OCC(O)COC(=O)Cc1ccccc1Nc1c(Cl)cccc1Cl. The van der Waals surface area contributed by atoms with Crippen molar-refractivity contribution in [3.05, 3.63) is 58.1 Å². The van der Waals surface area contributed by atoms with Crippen molar-refractivity contribution in [1.82, 2.24) is 0 Å². The fourth-order valence-electron chi connectivity index (χ4n) is 3.48. The topological polar surface area (TPSA) is 84.9 Å². The summed E-state index contributed by atoms with van der Waals surface area (Å²) in [7, 11) is 0. The van der Waals surface area contributed by atoms with Crippen molar-refractivity contribution >= 4 is 46.5 Å². The molecule has 6 nitrogen and oxygen atoms in total. The zero-order valence-electron chi connectivity index (χ0n) is 20.2. The number of unbranched alkanes of at least 4 members (excludes halogenated alkanes) is 6. The number of halogens is 2. The predicted molar refractivity (Wildman–Crippen MR) is 140 cm³/mol. The zero-order valence-corrected chi connectivity index (χ0v) is 21.7. The third-order valence-electron chi connectivity index (χ3n) is 5.43. The van der Waals surface area contributed by atoms with E-state index in [4.69, 9.17) is 32.7 Å². The molecular formula is C27H35Cl2NO5. The van der Waals surface area contributed by atoms with Gasteiger partial charge in [0.1, 0.15) is 19.3 Å². The van der Waals surface area contributed by atoms with Crippen molar-refractivity contribution in [2.45, 2.75) is 70.8 Å². The minimum Gasteiger partial charge on any atom is -0.463 e. The van der Waals surface area contributed by atoms with Gasteiger partial charge < -0.3 is 19.9 Å². The van der Waals surface area contributed by atoms with Gasteiger partial charge in [-0.3, -0.25) is 9.59 Å². The fourth-order valence-corrected chi connectivity index (χ4v) is 3.97. The van der Waals surface area contributed by atoms with Gasteiger partial charge in [0.25, 0.3) is 0 Å². The number of carbonyl (C=O) groups is 2. The van der Waals surface area contributed by atoms with Crippen LogP contribution >= 0.6 is 23.2 Å². The third kappa shape index (κ3) is 11.3. The van der Waals surface area contributed by atoms with Gasteiger partial charge in [0, 0.05) is 12.1 Å². The fraction of sp³-hybridized carbons (Fsp3) is 0.481. The van der Waals surface area contributed by atoms with Gasteiger partial charge in [-0.1, -0.05) is 92.9 Å². The normalized spacial score (nSPS) is 11.7. The van der Waals surface area contributed by atoms with Crippen molar-refractivity contribution < 1.29 is 24.2 Å². The molecule has 1 atom stereocenters. The number of carbonyl (C=O) groups excluding carboxylic acids is 2. The highest BCUT2D eigenvalue weighted by Crippen LogP contribution is 2.33. The number of hydrogen-bond donors (Lipinski definition) is 2. The number of hydrogen-bond acceptors (Lipinski definition) is 6. The van der Waals surface area contributed by atoms with Crippen LogP contribution in [0.3, 0.4) is 0 Å². The van der Waals surface area contributed by atoms with Crippen molar-refractivity contribution in [2.75, 3.05) is 18.5 Å². The molecule has 1 unspecified atom stereocenters. The molecule has 192 valence electrons. The van der Waals surface area contributed by atoms with E-state index < -0.39 is 12.1 Å². The molecule has 2 aromatic rings. The molecule has 0 amide bonds. The summed E-state index contributed by atoms with van der Waals surface area (Å²) in [4.78, 5) is 24.2. The summed E-state index contributed by atoms with van der Waals surface area (Å²) in [6, 6.07) is 12.4. The van der Waals surface area contributed by atoms with Crippen molar-refractivity contribution in [1.29, 1.82) is 0 Å². The molecule has 0 aliphatic carbocycles. The van der Waals surface area contributed by atoms with Crippen LogP contribution in [0.2, 0.25) is 10.0 Å². The van der Waals surface area contributed by atoms with E-state index in [1.54, 1.807) is 24.3 Å². The highest BCUT2D eigenvalue weighted by Gasteiger charge is 2.15. The van der Waals surface area contributed by atoms with Crippen molar-refractivity contribution in [2.24, 2.45) is 0 Å². The first-order chi connectivity index (χ1) is 16.9. The molecule has 2 rings (SSSR count). The van der Waals surface area contributed by atoms with Crippen molar-refractivity contribution in [3.63, 3.8) is 0 Å². The van der Waals surface area contributed by atoms with Gasteiger partial charge in [-0.15, -0.1) is 0 Å². The number of aliphatic hydroxyl groups is 1. The Bertz CT molecular complexity index is 917. The summed E-state index contributed by atoms with van der Waals surface area (Å²) in [5, 5.41) is 14.1. The van der Waals surface area contributed by atoms with E-state index in [1.807, 2.05) is 18.2 Å². The Hall–Kier alpha value is -2.28. The number of para-hydroxylation sites is 2. The molecule has 0 heterocycles. The highest BCUT2D eigenvalue weighted by molar-refractivity contribution is 6.39. The molecule has 0 saturated carbocycles. The van der Waals surface area contributed by atoms with Crippen LogP contribution in [-0.4, -0.2) is 36.4 Å². The van der Waals surface area contributed by atoms with Crippen LogP contribution in [0, 0.1) is 0 Å². The second-order valence-corrected chi connectivity index (χ2v) is 9.26. The van der Waals surface area contributed by atoms with Gasteiger partial charge >= 0.3 is 11.9 Å². The molecule has 0 aliphatic rings. The maximum atomic E-state index is 12.3. The molecular weight excluding hydrogens is 489 g/mol. The molecule has 0 aromatic heterocycles. The smallest absolute Gasteiger partial charge is 0.310 e. The Morgan fingerprint density at radius 2 is 1.46 bits per heavy atom. The van der Waals surface area contributed by atoms with Crippen LogP contribution in [0.4, 0.5) is 11.4 Å². The van der Waals surface area contributed by atoms with E-state index in [0.29, 0.717) is 33.4 Å². The van der Waals surface area contributed by atoms with Crippen LogP contribution in [-0.2, 0) is 25.5 Å². The molecule has 0 fully saturated rings. The van der Waals surface area contributed by atoms with E-state index in [2.05, 4.69) is 12.2 Å². The number of ether oxygens (including phenoxy) is 2. The second kappa shape index (κ2) is 16.4. The summed E-state index contributed by atoms with van der Waals surface area (Å²) < 4.78 is 10.3. The Balaban J connectivity index is 1.70. The average molecular weight is 524 g/mol. The molecule has 8 heteroatoms. The number of aliphatic hydroxyl groups excluding tert-OH is 1. The van der Waals surface area contributed by atoms with E-state index >= 15 is 0 Å². The molecule has 0 saturated heterocycles. The van der Waals surface area contributed by atoms with Gasteiger partial charge in [-0.2, -0.15) is 0 Å². The number of benzene rings is 2. The molecule has 0 radical (unpaired) electrons. The third-order valence-corrected chi connectivity index (χ3v) is 6.06. The number of nitrogens with one attached hydrogen (secondary N) is 1. The second-order valence-electron chi connectivity index (χ2n) is 8.45. The van der Waals surface area contributed by atoms with Gasteiger partial charge in [-0.25, -0.2) is 0 Å². The van der Waals surface area contributed by atoms with Crippen LogP contribution in [0.1, 0.15) is 63.9 Å². The average Bonchev–Trinajstić information content (AvgIpc) is 2.84. The lowest BCUT2D eigenvalue weighted by molar-refractivity contribution is -0.152. The highest BCUT2D eigenvalue weighted by atomic mass is 35.5. The van der Waals surface area contributed by atoms with Crippen LogP contribution in [0.15, 0.2) is 42.5 Å². The first-order valence-electron chi connectivity index (χ1n) is 12.2. The zero-order chi connectivity index (χ0) is 25.5. The lowest BCUT2D eigenvalue weighted by atomic mass is 10.1. The molecule has 0 spiro atoms. The summed E-state index contributed by atoms with van der Waals surface area (Å²) in [6.45, 7) is 1.73. The van der Waals surface area contributed by atoms with E-state index in [-0.39, 0.29) is 25.6 Å². The minimum atomic E-state index is -1.08. The van der Waals surface area contributed by atoms with Gasteiger partial charge in [0.05, 0.1) is 22.2 Å². The Kier molecular flexibility index (Phi) is 13.6. The largest absolute Gasteiger partial charge is 0.463 e. The number of anilines is 2. The minimum absolute atomic E-state index is 0.0178. The quantitative estimate of drug-likeness (QED) is 0.184. The van der Waals surface area contributed by atoms with E-state index in [0.717, 1.165) is 19.3 Å². The van der Waals surface area contributed by atoms with E-state index in [9.17, 15) is 14.7 Å². The number of esters is 2. The van der Waals surface area contributed by atoms with Gasteiger partial charge in [0.15, 0.2) is 0 Å². The standard InChI is InChI=1S/C27H35Cl2NO5/c1-2-3-4-5-6-7-8-16-25(32)34-18-21(31)19-35-26(33)17-20-12-9-10-15-24(20)30-27-22(28)13-11-14-23(27)29/h9-15,21,30-31H,2-8,16-19H2,1H3. The number of rotatable bonds is 16. The van der Waals surface area contributed by atoms with Crippen LogP contribution in [0.25, 0.3) is 0 Å². The molecule has 0 bridgehead atoms. The lowest BCUT2D eigenvalue weighted by Crippen LogP contribution is -2.26. The van der Waals surface area contributed by atoms with Crippen LogP contribution in [0.5, 0.6) is 0 Å². The summed E-state index contributed by atoms with van der Waals surface area (Å²) >= 11 is 12.5. The Morgan fingerprint density at radius 3 is 2.14 bits per heavy atom. The van der Waals surface area contributed by atoms with Gasteiger partial charge in [-0.05, 0) is 30.2 Å². The van der Waals surface area contributed by atoms with Gasteiger partial charge in [0.2, 0.25) is 0 Å². The summed E-state index contributed by atoms with van der Waals surface area (Å²) in [6.07, 6.45) is 7.04. The predicted octanol–water partition coefficient (Wildman–Crippen LogP) is 6.87. The summed E-state index contributed by atoms with van der Waals surface area (Å²) in [5.74, 6) is -0.861. The monoisotopic (exact) mass is 523 g/mol. The maximum Gasteiger partial charge on any atom is 0.310 e. The van der Waals surface area contributed by atoms with Crippen LogP contribution < -0.4 is 5.32 Å². The Morgan fingerprint density at radius 1 is 0.857 bits per heavy atom. The molecule has 0 aliphatic heterocycles. The first-order valence-corrected chi connectivity index (χ1v) is 12.9. The molecule has 2 N–H and O–H groups in total. The van der Waals surface area contributed by atoms with E-state index in [1.165, 1.54) is 25.7 Å². The first kappa shape index (κ1) is 29.0. The summed E-state index contributed by atoms with van der Waals surface area (Å²) in [5.41, 5.74) is 1.90.